The fourth-order valence-electron chi connectivity index (χ4n) is 2.37. The van der Waals surface area contributed by atoms with Crippen LogP contribution in [0.5, 0.6) is 0 Å². The van der Waals surface area contributed by atoms with Crippen LogP contribution >= 0.6 is 15.9 Å². The highest BCUT2D eigenvalue weighted by Crippen LogP contribution is 2.27. The van der Waals surface area contributed by atoms with Crippen LogP contribution in [0.4, 0.5) is 0 Å². The van der Waals surface area contributed by atoms with E-state index in [0.29, 0.717) is 5.76 Å². The van der Waals surface area contributed by atoms with E-state index in [-0.39, 0.29) is 4.90 Å². The second-order valence-electron chi connectivity index (χ2n) is 5.44. The van der Waals surface area contributed by atoms with E-state index in [0.717, 1.165) is 15.6 Å². The molecule has 0 saturated heterocycles. The molecule has 1 atom stereocenters. The van der Waals surface area contributed by atoms with Crippen LogP contribution in [0.2, 0.25) is 0 Å². The molecule has 3 rings (SSSR count). The molecule has 1 aromatic heterocycles. The maximum atomic E-state index is 12.7. The van der Waals surface area contributed by atoms with E-state index in [4.69, 9.17) is 4.42 Å². The molecule has 2 aromatic carbocycles. The van der Waals surface area contributed by atoms with Gasteiger partial charge in [0.05, 0.1) is 11.2 Å². The topological polar surface area (TPSA) is 59.3 Å². The Labute approximate surface area is 149 Å². The minimum absolute atomic E-state index is 0.222. The Morgan fingerprint density at radius 2 is 1.79 bits per heavy atom. The van der Waals surface area contributed by atoms with E-state index in [1.165, 1.54) is 6.26 Å². The van der Waals surface area contributed by atoms with Gasteiger partial charge in [0.1, 0.15) is 11.8 Å². The average molecular weight is 406 g/mol. The second kappa shape index (κ2) is 6.93. The van der Waals surface area contributed by atoms with Crippen LogP contribution in [0.25, 0.3) is 0 Å². The smallest absolute Gasteiger partial charge is 0.241 e. The Bertz CT molecular complexity index is 919. The standard InChI is InChI=1S/C18H16BrNO3S/c1-13-7-9-16(10-8-13)24(21,22)20-18(17-6-3-11-23-17)14-4-2-5-15(19)12-14/h2-12,18,20H,1H3/t18-/m0/s1. The Kier molecular flexibility index (Phi) is 4.89. The molecule has 0 aliphatic rings. The van der Waals surface area contributed by atoms with Crippen molar-refractivity contribution in [2.75, 3.05) is 0 Å². The zero-order valence-corrected chi connectivity index (χ0v) is 15.3. The molecular formula is C18H16BrNO3S. The summed E-state index contributed by atoms with van der Waals surface area (Å²) in [5.41, 5.74) is 1.79. The summed E-state index contributed by atoms with van der Waals surface area (Å²) in [7, 11) is -3.69. The third kappa shape index (κ3) is 3.77. The van der Waals surface area contributed by atoms with E-state index in [1.54, 1.807) is 36.4 Å². The Morgan fingerprint density at radius 1 is 1.04 bits per heavy atom. The van der Waals surface area contributed by atoms with Crippen molar-refractivity contribution in [3.63, 3.8) is 0 Å². The molecule has 124 valence electrons. The number of benzene rings is 2. The van der Waals surface area contributed by atoms with Gasteiger partial charge in [-0.25, -0.2) is 8.42 Å². The molecule has 1 N–H and O–H groups in total. The molecule has 0 fully saturated rings. The first kappa shape index (κ1) is 17.0. The molecular weight excluding hydrogens is 390 g/mol. The van der Waals surface area contributed by atoms with Crippen LogP contribution < -0.4 is 4.72 Å². The molecule has 4 nitrogen and oxygen atoms in total. The summed E-state index contributed by atoms with van der Waals surface area (Å²) in [4.78, 5) is 0.222. The molecule has 6 heteroatoms. The molecule has 0 aliphatic heterocycles. The van der Waals surface area contributed by atoms with E-state index < -0.39 is 16.1 Å². The predicted octanol–water partition coefficient (Wildman–Crippen LogP) is 4.42. The second-order valence-corrected chi connectivity index (χ2v) is 8.07. The van der Waals surface area contributed by atoms with Crippen LogP contribution in [0.15, 0.2) is 80.7 Å². The van der Waals surface area contributed by atoms with Gasteiger partial charge in [0, 0.05) is 4.47 Å². The van der Waals surface area contributed by atoms with Crippen LogP contribution in [0, 0.1) is 6.92 Å². The highest BCUT2D eigenvalue weighted by Gasteiger charge is 2.24. The SMILES string of the molecule is Cc1ccc(S(=O)(=O)N[C@@H](c2cccc(Br)c2)c2ccco2)cc1. The van der Waals surface area contributed by atoms with Gasteiger partial charge in [-0.1, -0.05) is 45.8 Å². The molecule has 0 spiro atoms. The largest absolute Gasteiger partial charge is 0.467 e. The van der Waals surface area contributed by atoms with Gasteiger partial charge in [-0.2, -0.15) is 4.72 Å². The zero-order chi connectivity index (χ0) is 17.2. The van der Waals surface area contributed by atoms with Gasteiger partial charge >= 0.3 is 0 Å². The number of hydrogen-bond donors (Lipinski definition) is 1. The minimum Gasteiger partial charge on any atom is -0.467 e. The van der Waals surface area contributed by atoms with Crippen molar-refractivity contribution in [3.8, 4) is 0 Å². The maximum absolute atomic E-state index is 12.7. The molecule has 1 heterocycles. The lowest BCUT2D eigenvalue weighted by Crippen LogP contribution is -2.29. The lowest BCUT2D eigenvalue weighted by molar-refractivity contribution is 0.471. The highest BCUT2D eigenvalue weighted by molar-refractivity contribution is 9.10. The van der Waals surface area contributed by atoms with Gasteiger partial charge in [-0.3, -0.25) is 0 Å². The Balaban J connectivity index is 1.99. The van der Waals surface area contributed by atoms with E-state index in [1.807, 2.05) is 31.2 Å². The first-order valence-corrected chi connectivity index (χ1v) is 9.61. The summed E-state index contributed by atoms with van der Waals surface area (Å²) in [6.45, 7) is 1.91. The lowest BCUT2D eigenvalue weighted by atomic mass is 10.1. The number of hydrogen-bond acceptors (Lipinski definition) is 3. The number of aryl methyl sites for hydroxylation is 1. The van der Waals surface area contributed by atoms with E-state index >= 15 is 0 Å². The first-order valence-electron chi connectivity index (χ1n) is 7.33. The number of nitrogens with one attached hydrogen (secondary N) is 1. The first-order chi connectivity index (χ1) is 11.5. The molecule has 24 heavy (non-hydrogen) atoms. The summed E-state index contributed by atoms with van der Waals surface area (Å²) < 4.78 is 34.5. The Hall–Kier alpha value is -1.89. The maximum Gasteiger partial charge on any atom is 0.241 e. The molecule has 0 amide bonds. The summed E-state index contributed by atoms with van der Waals surface area (Å²) in [6, 6.07) is 17.1. The quantitative estimate of drug-likeness (QED) is 0.683. The Morgan fingerprint density at radius 3 is 2.42 bits per heavy atom. The number of halogens is 1. The zero-order valence-electron chi connectivity index (χ0n) is 12.9. The predicted molar refractivity (Wildman–Crippen MR) is 96.2 cm³/mol. The summed E-state index contributed by atoms with van der Waals surface area (Å²) >= 11 is 3.42. The van der Waals surface area contributed by atoms with Gasteiger partial charge in [0.25, 0.3) is 0 Å². The molecule has 0 saturated carbocycles. The van der Waals surface area contributed by atoms with Gasteiger partial charge in [0.15, 0.2) is 0 Å². The molecule has 0 aliphatic carbocycles. The van der Waals surface area contributed by atoms with Gasteiger partial charge in [-0.05, 0) is 48.9 Å². The summed E-state index contributed by atoms with van der Waals surface area (Å²) in [6.07, 6.45) is 1.53. The van der Waals surface area contributed by atoms with Crippen molar-refractivity contribution in [1.29, 1.82) is 0 Å². The number of furan rings is 1. The van der Waals surface area contributed by atoms with Crippen LogP contribution in [-0.4, -0.2) is 8.42 Å². The fourth-order valence-corrected chi connectivity index (χ4v) is 3.98. The van der Waals surface area contributed by atoms with Crippen molar-refractivity contribution in [3.05, 3.63) is 88.3 Å². The van der Waals surface area contributed by atoms with Gasteiger partial charge in [-0.15, -0.1) is 0 Å². The fraction of sp³-hybridized carbons (Fsp3) is 0.111. The van der Waals surface area contributed by atoms with Crippen molar-refractivity contribution < 1.29 is 12.8 Å². The van der Waals surface area contributed by atoms with Crippen molar-refractivity contribution in [2.45, 2.75) is 17.9 Å². The normalized spacial score (nSPS) is 12.9. The molecule has 0 bridgehead atoms. The van der Waals surface area contributed by atoms with Crippen LogP contribution in [-0.2, 0) is 10.0 Å². The average Bonchev–Trinajstić information content (AvgIpc) is 3.07. The van der Waals surface area contributed by atoms with E-state index in [2.05, 4.69) is 20.7 Å². The van der Waals surface area contributed by atoms with E-state index in [9.17, 15) is 8.42 Å². The highest BCUT2D eigenvalue weighted by atomic mass is 79.9. The number of sulfonamides is 1. The van der Waals surface area contributed by atoms with Crippen molar-refractivity contribution >= 4 is 26.0 Å². The van der Waals surface area contributed by atoms with Gasteiger partial charge in [0.2, 0.25) is 10.0 Å². The third-order valence-electron chi connectivity index (χ3n) is 3.61. The summed E-state index contributed by atoms with van der Waals surface area (Å²) in [5.74, 6) is 0.531. The minimum atomic E-state index is -3.69. The molecule has 3 aromatic rings. The monoisotopic (exact) mass is 405 g/mol. The molecule has 0 radical (unpaired) electrons. The van der Waals surface area contributed by atoms with Crippen molar-refractivity contribution in [1.82, 2.24) is 4.72 Å². The third-order valence-corrected chi connectivity index (χ3v) is 5.55. The molecule has 0 unspecified atom stereocenters. The summed E-state index contributed by atoms with van der Waals surface area (Å²) in [5, 5.41) is 0. The van der Waals surface area contributed by atoms with Gasteiger partial charge < -0.3 is 4.42 Å². The number of rotatable bonds is 5. The van der Waals surface area contributed by atoms with Crippen molar-refractivity contribution in [2.24, 2.45) is 0 Å². The lowest BCUT2D eigenvalue weighted by Gasteiger charge is -2.18. The van der Waals surface area contributed by atoms with Crippen LogP contribution in [0.3, 0.4) is 0 Å². The van der Waals surface area contributed by atoms with Crippen LogP contribution in [0.1, 0.15) is 22.9 Å².